The Morgan fingerprint density at radius 1 is 1.06 bits per heavy atom. The number of nitrogens with zero attached hydrogens (tertiary/aromatic N) is 1. The molecule has 3 heteroatoms. The third-order valence-electron chi connectivity index (χ3n) is 3.95. The van der Waals surface area contributed by atoms with Crippen molar-refractivity contribution in [1.82, 2.24) is 0 Å². The van der Waals surface area contributed by atoms with Crippen molar-refractivity contribution in [2.24, 2.45) is 0 Å². The van der Waals surface area contributed by atoms with E-state index in [2.05, 4.69) is 57.3 Å². The number of nitrogens with one attached hydrogen (secondary N) is 1. The number of quaternary nitrogens is 1. The van der Waals surface area contributed by atoms with E-state index in [1.807, 2.05) is 0 Å². The van der Waals surface area contributed by atoms with E-state index >= 15 is 0 Å². The van der Waals surface area contributed by atoms with Gasteiger partial charge in [-0.15, -0.1) is 0 Å². The number of rotatable bonds is 7. The van der Waals surface area contributed by atoms with Gasteiger partial charge in [-0.05, 0) is 45.4 Å². The molecule has 1 rings (SSSR count). The summed E-state index contributed by atoms with van der Waals surface area (Å²) in [5.41, 5.74) is 2.56. The number of likely N-dealkylation sites (N-methyl/N-ethyl adjacent to an activating group) is 1. The second-order valence-electron chi connectivity index (χ2n) is 4.81. The van der Waals surface area contributed by atoms with Crippen molar-refractivity contribution in [3.63, 3.8) is 0 Å². The summed E-state index contributed by atoms with van der Waals surface area (Å²) in [7, 11) is 0. The van der Waals surface area contributed by atoms with Crippen molar-refractivity contribution >= 4 is 5.69 Å². The number of anilines is 1. The molecule has 1 aromatic rings. The van der Waals surface area contributed by atoms with Crippen LogP contribution in [0.4, 0.5) is 5.69 Å². The van der Waals surface area contributed by atoms with E-state index in [1.54, 1.807) is 0 Å². The van der Waals surface area contributed by atoms with Gasteiger partial charge in [0.2, 0.25) is 0 Å². The SMILES string of the molecule is CC[N+](CC)(CC)CCNc1cccc(C)c1.[I-]. The molecule has 0 aromatic heterocycles. The monoisotopic (exact) mass is 362 g/mol. The summed E-state index contributed by atoms with van der Waals surface area (Å²) in [5.74, 6) is 0. The summed E-state index contributed by atoms with van der Waals surface area (Å²) in [6, 6.07) is 8.60. The first-order valence-electron chi connectivity index (χ1n) is 6.81. The van der Waals surface area contributed by atoms with Crippen molar-refractivity contribution in [2.75, 3.05) is 38.0 Å². The summed E-state index contributed by atoms with van der Waals surface area (Å²) in [4.78, 5) is 0. The van der Waals surface area contributed by atoms with E-state index in [-0.39, 0.29) is 24.0 Å². The first-order valence-corrected chi connectivity index (χ1v) is 6.81. The van der Waals surface area contributed by atoms with Crippen molar-refractivity contribution in [2.45, 2.75) is 27.7 Å². The molecule has 0 aliphatic rings. The zero-order valence-corrected chi connectivity index (χ0v) is 14.3. The molecule has 1 N–H and O–H groups in total. The molecular formula is C15H27IN2. The molecule has 0 bridgehead atoms. The smallest absolute Gasteiger partial charge is 0.0961 e. The highest BCUT2D eigenvalue weighted by Gasteiger charge is 2.19. The molecule has 0 saturated carbocycles. The average Bonchev–Trinajstić information content (AvgIpc) is 2.35. The summed E-state index contributed by atoms with van der Waals surface area (Å²) < 4.78 is 1.21. The maximum atomic E-state index is 3.53. The molecular weight excluding hydrogens is 335 g/mol. The Hall–Kier alpha value is -0.290. The largest absolute Gasteiger partial charge is 1.00 e. The van der Waals surface area contributed by atoms with Crippen molar-refractivity contribution in [3.05, 3.63) is 29.8 Å². The van der Waals surface area contributed by atoms with Crippen LogP contribution in [0.5, 0.6) is 0 Å². The Morgan fingerprint density at radius 2 is 1.67 bits per heavy atom. The van der Waals surface area contributed by atoms with E-state index in [4.69, 9.17) is 0 Å². The van der Waals surface area contributed by atoms with Crippen LogP contribution in [0.25, 0.3) is 0 Å². The van der Waals surface area contributed by atoms with Gasteiger partial charge in [-0.25, -0.2) is 0 Å². The van der Waals surface area contributed by atoms with Gasteiger partial charge in [0.05, 0.1) is 32.7 Å². The predicted octanol–water partition coefficient (Wildman–Crippen LogP) is 0.287. The van der Waals surface area contributed by atoms with Gasteiger partial charge in [-0.3, -0.25) is 0 Å². The second kappa shape index (κ2) is 8.75. The molecule has 104 valence electrons. The Bertz CT molecular complexity index is 327. The molecule has 0 radical (unpaired) electrons. The highest BCUT2D eigenvalue weighted by atomic mass is 127. The fraction of sp³-hybridized carbons (Fsp3) is 0.600. The highest BCUT2D eigenvalue weighted by Crippen LogP contribution is 2.10. The van der Waals surface area contributed by atoms with Crippen molar-refractivity contribution < 1.29 is 28.5 Å². The number of hydrogen-bond donors (Lipinski definition) is 1. The maximum absolute atomic E-state index is 3.53. The molecule has 0 heterocycles. The van der Waals surface area contributed by atoms with Gasteiger partial charge >= 0.3 is 0 Å². The predicted molar refractivity (Wildman–Crippen MR) is 76.4 cm³/mol. The average molecular weight is 362 g/mol. The van der Waals surface area contributed by atoms with Crippen LogP contribution in [0.1, 0.15) is 26.3 Å². The highest BCUT2D eigenvalue weighted by molar-refractivity contribution is 5.45. The van der Waals surface area contributed by atoms with Crippen LogP contribution in [0, 0.1) is 6.92 Å². The number of hydrogen-bond acceptors (Lipinski definition) is 1. The van der Waals surface area contributed by atoms with E-state index < -0.39 is 0 Å². The third-order valence-corrected chi connectivity index (χ3v) is 3.95. The minimum Gasteiger partial charge on any atom is -1.00 e. The third kappa shape index (κ3) is 5.14. The Morgan fingerprint density at radius 3 is 2.17 bits per heavy atom. The van der Waals surface area contributed by atoms with Gasteiger partial charge in [0.1, 0.15) is 0 Å². The molecule has 0 aliphatic carbocycles. The van der Waals surface area contributed by atoms with E-state index in [0.29, 0.717) is 0 Å². The van der Waals surface area contributed by atoms with E-state index in [0.717, 1.165) is 6.54 Å². The molecule has 0 aliphatic heterocycles. The number of benzene rings is 1. The van der Waals surface area contributed by atoms with Crippen LogP contribution in [0.15, 0.2) is 24.3 Å². The van der Waals surface area contributed by atoms with Gasteiger partial charge in [-0.2, -0.15) is 0 Å². The van der Waals surface area contributed by atoms with Crippen LogP contribution >= 0.6 is 0 Å². The molecule has 0 fully saturated rings. The van der Waals surface area contributed by atoms with Gasteiger partial charge in [0, 0.05) is 5.69 Å². The van der Waals surface area contributed by atoms with Crippen molar-refractivity contribution in [3.8, 4) is 0 Å². The van der Waals surface area contributed by atoms with Crippen LogP contribution in [0.2, 0.25) is 0 Å². The molecule has 0 amide bonds. The zero-order valence-electron chi connectivity index (χ0n) is 12.2. The topological polar surface area (TPSA) is 12.0 Å². The summed E-state index contributed by atoms with van der Waals surface area (Å²) >= 11 is 0. The molecule has 0 spiro atoms. The molecule has 0 atom stereocenters. The first-order chi connectivity index (χ1) is 8.15. The van der Waals surface area contributed by atoms with Gasteiger partial charge in [0.15, 0.2) is 0 Å². The summed E-state index contributed by atoms with van der Waals surface area (Å²) in [5, 5.41) is 3.53. The van der Waals surface area contributed by atoms with Crippen LogP contribution < -0.4 is 29.3 Å². The van der Waals surface area contributed by atoms with Gasteiger partial charge in [0.25, 0.3) is 0 Å². The zero-order chi connectivity index (χ0) is 12.7. The Kier molecular flexibility index (Phi) is 8.61. The van der Waals surface area contributed by atoms with Crippen LogP contribution in [-0.4, -0.2) is 37.2 Å². The quantitative estimate of drug-likeness (QED) is 0.543. The molecule has 18 heavy (non-hydrogen) atoms. The molecule has 0 saturated heterocycles. The molecule has 0 unspecified atom stereocenters. The van der Waals surface area contributed by atoms with Crippen LogP contribution in [-0.2, 0) is 0 Å². The lowest BCUT2D eigenvalue weighted by Crippen LogP contribution is -3.00. The second-order valence-corrected chi connectivity index (χ2v) is 4.81. The minimum atomic E-state index is 0. The minimum absolute atomic E-state index is 0. The lowest BCUT2D eigenvalue weighted by atomic mass is 10.2. The fourth-order valence-corrected chi connectivity index (χ4v) is 2.34. The normalized spacial score (nSPS) is 10.9. The first kappa shape index (κ1) is 17.7. The number of aryl methyl sites for hydroxylation is 1. The lowest BCUT2D eigenvalue weighted by molar-refractivity contribution is -0.921. The summed E-state index contributed by atoms with van der Waals surface area (Å²) in [6.45, 7) is 14.9. The maximum Gasteiger partial charge on any atom is 0.0961 e. The molecule has 2 nitrogen and oxygen atoms in total. The number of halogens is 1. The fourth-order valence-electron chi connectivity index (χ4n) is 2.34. The van der Waals surface area contributed by atoms with Gasteiger partial charge < -0.3 is 33.8 Å². The lowest BCUT2D eigenvalue weighted by Gasteiger charge is -2.35. The Labute approximate surface area is 129 Å². The standard InChI is InChI=1S/C15H27N2.HI/c1-5-17(6-2,7-3)12-11-16-15-10-8-9-14(4)13-15;/h8-10,13,16H,5-7,11-12H2,1-4H3;1H/q+1;/p-1. The van der Waals surface area contributed by atoms with Gasteiger partial charge in [-0.1, -0.05) is 12.1 Å². The van der Waals surface area contributed by atoms with E-state index in [9.17, 15) is 0 Å². The van der Waals surface area contributed by atoms with Crippen molar-refractivity contribution in [1.29, 1.82) is 0 Å². The summed E-state index contributed by atoms with van der Waals surface area (Å²) in [6.07, 6.45) is 0. The molecule has 1 aromatic carbocycles. The van der Waals surface area contributed by atoms with Crippen LogP contribution in [0.3, 0.4) is 0 Å². The Balaban J connectivity index is 0.00000289. The van der Waals surface area contributed by atoms with E-state index in [1.165, 1.54) is 41.9 Å².